The van der Waals surface area contributed by atoms with E-state index in [0.717, 1.165) is 18.4 Å². The van der Waals surface area contributed by atoms with Crippen molar-refractivity contribution < 1.29 is 22.7 Å². The monoisotopic (exact) mass is 445 g/mol. The second-order valence-electron chi connectivity index (χ2n) is 7.35. The number of hydrogen-bond acceptors (Lipinski definition) is 5. The number of carbonyl (C=O) groups excluding carboxylic acids is 2. The average molecular weight is 446 g/mol. The minimum Gasteiger partial charge on any atom is -0.484 e. The third-order valence-corrected chi connectivity index (χ3v) is 6.19. The highest BCUT2D eigenvalue weighted by molar-refractivity contribution is 7.89. The molecule has 31 heavy (non-hydrogen) atoms. The number of hydrogen-bond donors (Lipinski definition) is 3. The van der Waals surface area contributed by atoms with Gasteiger partial charge in [-0.3, -0.25) is 9.59 Å². The van der Waals surface area contributed by atoms with E-state index in [1.165, 1.54) is 0 Å². The summed E-state index contributed by atoms with van der Waals surface area (Å²) in [5, 5.41) is 5.46. The number of benzene rings is 2. The zero-order valence-corrected chi connectivity index (χ0v) is 18.2. The van der Waals surface area contributed by atoms with Gasteiger partial charge in [0.2, 0.25) is 15.9 Å². The number of likely N-dealkylation sites (N-methyl/N-ethyl adjacent to an activating group) is 1. The number of rotatable bonds is 11. The molecule has 0 spiro atoms. The van der Waals surface area contributed by atoms with Crippen molar-refractivity contribution in [3.63, 3.8) is 0 Å². The highest BCUT2D eigenvalue weighted by Gasteiger charge is 2.27. The van der Waals surface area contributed by atoms with Gasteiger partial charge in [-0.05, 0) is 68.1 Å². The van der Waals surface area contributed by atoms with Crippen molar-refractivity contribution >= 4 is 27.5 Å². The molecule has 0 aromatic heterocycles. The first-order valence-corrected chi connectivity index (χ1v) is 11.7. The van der Waals surface area contributed by atoms with Crippen LogP contribution < -0.4 is 20.1 Å². The Kier molecular flexibility index (Phi) is 7.64. The maximum Gasteiger partial charge on any atom is 0.257 e. The van der Waals surface area contributed by atoms with Crippen LogP contribution >= 0.6 is 0 Å². The molecular weight excluding hydrogens is 418 g/mol. The van der Waals surface area contributed by atoms with Crippen molar-refractivity contribution in [3.05, 3.63) is 54.1 Å². The van der Waals surface area contributed by atoms with Crippen molar-refractivity contribution in [1.29, 1.82) is 0 Å². The molecule has 3 rings (SSSR count). The Morgan fingerprint density at radius 1 is 1.00 bits per heavy atom. The Bertz CT molecular complexity index is 1000. The summed E-state index contributed by atoms with van der Waals surface area (Å²) in [5.41, 5.74) is 1.51. The van der Waals surface area contributed by atoms with Gasteiger partial charge in [-0.1, -0.05) is 12.1 Å². The van der Waals surface area contributed by atoms with Crippen LogP contribution in [0.4, 0.5) is 5.69 Å². The second kappa shape index (κ2) is 10.4. The fourth-order valence-electron chi connectivity index (χ4n) is 2.84. The van der Waals surface area contributed by atoms with Crippen molar-refractivity contribution in [1.82, 2.24) is 10.0 Å². The molecule has 0 unspecified atom stereocenters. The fourth-order valence-corrected chi connectivity index (χ4v) is 4.14. The number of carbonyl (C=O) groups is 2. The van der Waals surface area contributed by atoms with Gasteiger partial charge < -0.3 is 15.4 Å². The Morgan fingerprint density at radius 3 is 2.29 bits per heavy atom. The normalized spacial score (nSPS) is 13.5. The van der Waals surface area contributed by atoms with Crippen LogP contribution in [0.25, 0.3) is 0 Å². The molecule has 1 saturated carbocycles. The van der Waals surface area contributed by atoms with E-state index < -0.39 is 10.0 Å². The van der Waals surface area contributed by atoms with Crippen LogP contribution in [0.3, 0.4) is 0 Å². The molecule has 3 N–H and O–H groups in total. The van der Waals surface area contributed by atoms with Crippen LogP contribution in [0, 0.1) is 0 Å². The standard InChI is InChI=1S/C22H27N3O5S/c1-2-23-22(27)15-30-19-10-8-17(9-11-19)24-21(26)14-5-16-3-12-20(13-4-16)31(28,29)25-18-6-7-18/h3-4,8-13,18,25H,2,5-7,14-15H2,1H3,(H,23,27)(H,24,26). The minimum absolute atomic E-state index is 0.0592. The SMILES string of the molecule is CCNC(=O)COc1ccc(NC(=O)CCc2ccc(S(=O)(=O)NC3CC3)cc2)cc1. The molecule has 2 aromatic carbocycles. The van der Waals surface area contributed by atoms with E-state index in [-0.39, 0.29) is 35.8 Å². The van der Waals surface area contributed by atoms with Crippen molar-refractivity contribution in [2.24, 2.45) is 0 Å². The van der Waals surface area contributed by atoms with Gasteiger partial charge in [0.1, 0.15) is 5.75 Å². The number of aryl methyl sites for hydroxylation is 1. The van der Waals surface area contributed by atoms with Crippen LogP contribution in [0.1, 0.15) is 31.7 Å². The van der Waals surface area contributed by atoms with Crippen LogP contribution in [0.5, 0.6) is 5.75 Å². The minimum atomic E-state index is -3.46. The smallest absolute Gasteiger partial charge is 0.257 e. The number of nitrogens with one attached hydrogen (secondary N) is 3. The largest absolute Gasteiger partial charge is 0.484 e. The second-order valence-corrected chi connectivity index (χ2v) is 9.07. The van der Waals surface area contributed by atoms with Gasteiger partial charge in [-0.2, -0.15) is 0 Å². The summed E-state index contributed by atoms with van der Waals surface area (Å²) in [5.74, 6) is 0.197. The van der Waals surface area contributed by atoms with Gasteiger partial charge in [0, 0.05) is 24.7 Å². The third-order valence-electron chi connectivity index (χ3n) is 4.66. The molecular formula is C22H27N3O5S. The summed E-state index contributed by atoms with van der Waals surface area (Å²) in [6, 6.07) is 13.4. The van der Waals surface area contributed by atoms with E-state index >= 15 is 0 Å². The molecule has 166 valence electrons. The predicted molar refractivity (Wildman–Crippen MR) is 117 cm³/mol. The third kappa shape index (κ3) is 7.37. The molecule has 0 radical (unpaired) electrons. The number of ether oxygens (including phenoxy) is 1. The maximum absolute atomic E-state index is 12.2. The maximum atomic E-state index is 12.2. The van der Waals surface area contributed by atoms with Gasteiger partial charge in [0.25, 0.3) is 5.91 Å². The summed E-state index contributed by atoms with van der Waals surface area (Å²) in [6.45, 7) is 2.33. The molecule has 0 bridgehead atoms. The Hall–Kier alpha value is -2.91. The van der Waals surface area contributed by atoms with E-state index in [2.05, 4.69) is 15.4 Å². The molecule has 9 heteroatoms. The Balaban J connectivity index is 1.44. The lowest BCUT2D eigenvalue weighted by atomic mass is 10.1. The molecule has 2 aromatic rings. The highest BCUT2D eigenvalue weighted by Crippen LogP contribution is 2.22. The molecule has 8 nitrogen and oxygen atoms in total. The molecule has 0 atom stereocenters. The molecule has 1 fully saturated rings. The number of sulfonamides is 1. The quantitative estimate of drug-likeness (QED) is 0.491. The Labute approximate surface area is 182 Å². The van der Waals surface area contributed by atoms with Crippen LogP contribution in [0.15, 0.2) is 53.4 Å². The molecule has 0 saturated heterocycles. The predicted octanol–water partition coefficient (Wildman–Crippen LogP) is 2.21. The van der Waals surface area contributed by atoms with Crippen LogP contribution in [-0.4, -0.2) is 39.4 Å². The Morgan fingerprint density at radius 2 is 1.68 bits per heavy atom. The first kappa shape index (κ1) is 22.8. The van der Waals surface area contributed by atoms with E-state index in [9.17, 15) is 18.0 Å². The molecule has 1 aliphatic carbocycles. The van der Waals surface area contributed by atoms with Crippen LogP contribution in [0.2, 0.25) is 0 Å². The number of amides is 2. The summed E-state index contributed by atoms with van der Waals surface area (Å²) in [6.07, 6.45) is 2.54. The van der Waals surface area contributed by atoms with Gasteiger partial charge in [-0.15, -0.1) is 0 Å². The van der Waals surface area contributed by atoms with E-state index in [1.807, 2.05) is 6.92 Å². The van der Waals surface area contributed by atoms with E-state index in [0.29, 0.717) is 24.4 Å². The van der Waals surface area contributed by atoms with Gasteiger partial charge in [0.05, 0.1) is 4.90 Å². The highest BCUT2D eigenvalue weighted by atomic mass is 32.2. The van der Waals surface area contributed by atoms with Gasteiger partial charge in [-0.25, -0.2) is 13.1 Å². The van der Waals surface area contributed by atoms with E-state index in [1.54, 1.807) is 48.5 Å². The summed E-state index contributed by atoms with van der Waals surface area (Å²) in [4.78, 5) is 23.9. The number of anilines is 1. The van der Waals surface area contributed by atoms with Crippen molar-refractivity contribution in [2.45, 2.75) is 43.5 Å². The fraction of sp³-hybridized carbons (Fsp3) is 0.364. The van der Waals surface area contributed by atoms with Gasteiger partial charge >= 0.3 is 0 Å². The first-order valence-electron chi connectivity index (χ1n) is 10.3. The summed E-state index contributed by atoms with van der Waals surface area (Å²) >= 11 is 0. The molecule has 0 aliphatic heterocycles. The molecule has 2 amide bonds. The summed E-state index contributed by atoms with van der Waals surface area (Å²) in [7, 11) is -3.46. The lowest BCUT2D eigenvalue weighted by Crippen LogP contribution is -2.28. The summed E-state index contributed by atoms with van der Waals surface area (Å²) < 4.78 is 32.4. The topological polar surface area (TPSA) is 114 Å². The first-order chi connectivity index (χ1) is 14.9. The molecule has 1 aliphatic rings. The van der Waals surface area contributed by atoms with Crippen molar-refractivity contribution in [2.75, 3.05) is 18.5 Å². The lowest BCUT2D eigenvalue weighted by Gasteiger charge is -2.09. The van der Waals surface area contributed by atoms with Crippen molar-refractivity contribution in [3.8, 4) is 5.75 Å². The zero-order valence-electron chi connectivity index (χ0n) is 17.4. The average Bonchev–Trinajstić information content (AvgIpc) is 3.56. The van der Waals surface area contributed by atoms with E-state index in [4.69, 9.17) is 4.74 Å². The lowest BCUT2D eigenvalue weighted by molar-refractivity contribution is -0.123. The zero-order chi connectivity index (χ0) is 22.3. The van der Waals surface area contributed by atoms with Gasteiger partial charge in [0.15, 0.2) is 6.61 Å². The van der Waals surface area contributed by atoms with Crippen LogP contribution in [-0.2, 0) is 26.0 Å². The molecule has 0 heterocycles.